The molecule has 4 heteroatoms. The van der Waals surface area contributed by atoms with E-state index in [4.69, 9.17) is 11.6 Å². The molecule has 1 aromatic rings. The van der Waals surface area contributed by atoms with Gasteiger partial charge in [-0.3, -0.25) is 4.79 Å². The molecular formula is C16H23ClN2O. The van der Waals surface area contributed by atoms with Crippen LogP contribution in [-0.2, 0) is 4.79 Å². The van der Waals surface area contributed by atoms with Crippen LogP contribution in [0, 0.1) is 5.92 Å². The molecule has 0 aromatic heterocycles. The van der Waals surface area contributed by atoms with Gasteiger partial charge in [0.1, 0.15) is 0 Å². The van der Waals surface area contributed by atoms with Gasteiger partial charge in [-0.05, 0) is 57.2 Å². The van der Waals surface area contributed by atoms with Crippen LogP contribution in [0.1, 0.15) is 45.2 Å². The molecule has 2 N–H and O–H groups in total. The Morgan fingerprint density at radius 2 is 1.90 bits per heavy atom. The van der Waals surface area contributed by atoms with Crippen LogP contribution in [0.4, 0.5) is 0 Å². The summed E-state index contributed by atoms with van der Waals surface area (Å²) in [5.74, 6) is 0.677. The zero-order chi connectivity index (χ0) is 14.8. The summed E-state index contributed by atoms with van der Waals surface area (Å²) in [6.45, 7) is 6.31. The van der Waals surface area contributed by atoms with Gasteiger partial charge in [-0.25, -0.2) is 0 Å². The van der Waals surface area contributed by atoms with Gasteiger partial charge in [0.15, 0.2) is 0 Å². The first-order chi connectivity index (χ1) is 9.35. The van der Waals surface area contributed by atoms with E-state index >= 15 is 0 Å². The number of nitrogens with one attached hydrogen (secondary N) is 2. The topological polar surface area (TPSA) is 41.1 Å². The minimum Gasteiger partial charge on any atom is -0.350 e. The molecule has 1 fully saturated rings. The second kappa shape index (κ2) is 6.15. The van der Waals surface area contributed by atoms with E-state index in [1.807, 2.05) is 45.0 Å². The molecule has 2 rings (SSSR count). The molecule has 0 spiro atoms. The highest BCUT2D eigenvalue weighted by Crippen LogP contribution is 2.41. The van der Waals surface area contributed by atoms with Gasteiger partial charge in [-0.2, -0.15) is 0 Å². The van der Waals surface area contributed by atoms with Gasteiger partial charge in [-0.15, -0.1) is 0 Å². The number of amides is 1. The van der Waals surface area contributed by atoms with Crippen LogP contribution in [0.3, 0.4) is 0 Å². The van der Waals surface area contributed by atoms with E-state index in [0.29, 0.717) is 12.5 Å². The third kappa shape index (κ3) is 4.80. The van der Waals surface area contributed by atoms with E-state index in [-0.39, 0.29) is 17.5 Å². The van der Waals surface area contributed by atoms with Crippen molar-refractivity contribution in [2.24, 2.45) is 5.92 Å². The summed E-state index contributed by atoms with van der Waals surface area (Å²) in [6.07, 6.45) is 2.45. The predicted molar refractivity (Wildman–Crippen MR) is 82.8 cm³/mol. The van der Waals surface area contributed by atoms with Gasteiger partial charge in [0, 0.05) is 16.6 Å². The maximum Gasteiger partial charge on any atom is 0.234 e. The fourth-order valence-electron chi connectivity index (χ4n) is 2.32. The lowest BCUT2D eigenvalue weighted by Gasteiger charge is -2.23. The smallest absolute Gasteiger partial charge is 0.234 e. The molecular weight excluding hydrogens is 272 g/mol. The lowest BCUT2D eigenvalue weighted by molar-refractivity contribution is -0.121. The van der Waals surface area contributed by atoms with Crippen molar-refractivity contribution < 1.29 is 4.79 Å². The SMILES string of the molecule is CC(C)(C)NC(=O)CNC(c1ccc(Cl)cc1)C1CC1. The Labute approximate surface area is 126 Å². The Bertz CT molecular complexity index is 460. The van der Waals surface area contributed by atoms with Crippen molar-refractivity contribution in [2.45, 2.75) is 45.2 Å². The van der Waals surface area contributed by atoms with Crippen LogP contribution < -0.4 is 10.6 Å². The van der Waals surface area contributed by atoms with E-state index in [1.165, 1.54) is 18.4 Å². The van der Waals surface area contributed by atoms with Crippen molar-refractivity contribution in [3.8, 4) is 0 Å². The number of carbonyl (C=O) groups excluding carboxylic acids is 1. The molecule has 1 aromatic carbocycles. The number of hydrogen-bond acceptors (Lipinski definition) is 2. The molecule has 20 heavy (non-hydrogen) atoms. The summed E-state index contributed by atoms with van der Waals surface area (Å²) in [5, 5.41) is 7.10. The van der Waals surface area contributed by atoms with E-state index in [1.54, 1.807) is 0 Å². The number of benzene rings is 1. The molecule has 0 heterocycles. The fraction of sp³-hybridized carbons (Fsp3) is 0.562. The second-order valence-corrected chi connectivity index (χ2v) is 6.98. The maximum absolute atomic E-state index is 11.9. The van der Waals surface area contributed by atoms with Gasteiger partial charge < -0.3 is 10.6 Å². The zero-order valence-electron chi connectivity index (χ0n) is 12.4. The molecule has 1 unspecified atom stereocenters. The van der Waals surface area contributed by atoms with Crippen LogP contribution in [-0.4, -0.2) is 18.0 Å². The average molecular weight is 295 g/mol. The van der Waals surface area contributed by atoms with Crippen LogP contribution >= 0.6 is 11.6 Å². The normalized spacial score (nSPS) is 16.8. The first-order valence-electron chi connectivity index (χ1n) is 7.15. The van der Waals surface area contributed by atoms with Gasteiger partial charge in [0.05, 0.1) is 6.54 Å². The van der Waals surface area contributed by atoms with Crippen LogP contribution in [0.15, 0.2) is 24.3 Å². The highest BCUT2D eigenvalue weighted by Gasteiger charge is 2.32. The summed E-state index contributed by atoms with van der Waals surface area (Å²) in [4.78, 5) is 11.9. The number of carbonyl (C=O) groups is 1. The number of hydrogen-bond donors (Lipinski definition) is 2. The molecule has 110 valence electrons. The van der Waals surface area contributed by atoms with Crippen LogP contribution in [0.2, 0.25) is 5.02 Å². The highest BCUT2D eigenvalue weighted by atomic mass is 35.5. The molecule has 1 aliphatic rings. The molecule has 0 bridgehead atoms. The minimum absolute atomic E-state index is 0.0390. The first-order valence-corrected chi connectivity index (χ1v) is 7.53. The van der Waals surface area contributed by atoms with Crippen molar-refractivity contribution in [1.82, 2.24) is 10.6 Å². The van der Waals surface area contributed by atoms with Gasteiger partial charge >= 0.3 is 0 Å². The Kier molecular flexibility index (Phi) is 4.71. The van der Waals surface area contributed by atoms with E-state index in [9.17, 15) is 4.79 Å². The quantitative estimate of drug-likeness (QED) is 0.875. The van der Waals surface area contributed by atoms with Crippen LogP contribution in [0.5, 0.6) is 0 Å². The van der Waals surface area contributed by atoms with E-state index < -0.39 is 0 Å². The summed E-state index contributed by atoms with van der Waals surface area (Å²) in [5.41, 5.74) is 1.02. The summed E-state index contributed by atoms with van der Waals surface area (Å²) in [7, 11) is 0. The van der Waals surface area contributed by atoms with E-state index in [2.05, 4.69) is 10.6 Å². The number of rotatable bonds is 5. The molecule has 0 aliphatic heterocycles. The third-order valence-electron chi connectivity index (χ3n) is 3.32. The highest BCUT2D eigenvalue weighted by molar-refractivity contribution is 6.30. The molecule has 1 aliphatic carbocycles. The lowest BCUT2D eigenvalue weighted by atomic mass is 10.0. The molecule has 0 saturated heterocycles. The number of halogens is 1. The summed E-state index contributed by atoms with van der Waals surface area (Å²) in [6, 6.07) is 8.14. The first kappa shape index (κ1) is 15.3. The largest absolute Gasteiger partial charge is 0.350 e. The summed E-state index contributed by atoms with van der Waals surface area (Å²) < 4.78 is 0. The predicted octanol–water partition coefficient (Wildman–Crippen LogP) is 3.30. The molecule has 1 saturated carbocycles. The maximum atomic E-state index is 11.9. The third-order valence-corrected chi connectivity index (χ3v) is 3.57. The van der Waals surface area contributed by atoms with Crippen LogP contribution in [0.25, 0.3) is 0 Å². The van der Waals surface area contributed by atoms with Gasteiger partial charge in [-0.1, -0.05) is 23.7 Å². The van der Waals surface area contributed by atoms with Gasteiger partial charge in [0.25, 0.3) is 0 Å². The Morgan fingerprint density at radius 1 is 1.30 bits per heavy atom. The fourth-order valence-corrected chi connectivity index (χ4v) is 2.45. The molecule has 3 nitrogen and oxygen atoms in total. The van der Waals surface area contributed by atoms with Crippen molar-refractivity contribution in [3.05, 3.63) is 34.9 Å². The zero-order valence-corrected chi connectivity index (χ0v) is 13.1. The molecule has 0 radical (unpaired) electrons. The standard InChI is InChI=1S/C16H23ClN2O/c1-16(2,3)19-14(20)10-18-15(11-4-5-11)12-6-8-13(17)9-7-12/h6-9,11,15,18H,4-5,10H2,1-3H3,(H,19,20). The monoisotopic (exact) mass is 294 g/mol. The minimum atomic E-state index is -0.186. The van der Waals surface area contributed by atoms with Crippen molar-refractivity contribution >= 4 is 17.5 Å². The lowest BCUT2D eigenvalue weighted by Crippen LogP contribution is -2.45. The Hall–Kier alpha value is -1.06. The summed E-state index contributed by atoms with van der Waals surface area (Å²) >= 11 is 5.93. The molecule has 1 amide bonds. The Morgan fingerprint density at radius 3 is 2.40 bits per heavy atom. The average Bonchev–Trinajstić information content (AvgIpc) is 3.13. The van der Waals surface area contributed by atoms with Crippen molar-refractivity contribution in [1.29, 1.82) is 0 Å². The van der Waals surface area contributed by atoms with Crippen molar-refractivity contribution in [2.75, 3.05) is 6.54 Å². The molecule has 1 atom stereocenters. The van der Waals surface area contributed by atoms with E-state index in [0.717, 1.165) is 5.02 Å². The van der Waals surface area contributed by atoms with Gasteiger partial charge in [0.2, 0.25) is 5.91 Å². The van der Waals surface area contributed by atoms with Crippen molar-refractivity contribution in [3.63, 3.8) is 0 Å². The second-order valence-electron chi connectivity index (χ2n) is 6.55. The Balaban J connectivity index is 1.93.